The predicted octanol–water partition coefficient (Wildman–Crippen LogP) is 3.53. The van der Waals surface area contributed by atoms with Gasteiger partial charge in [-0.05, 0) is 48.4 Å². The molecule has 0 aliphatic rings. The van der Waals surface area contributed by atoms with Crippen molar-refractivity contribution in [3.05, 3.63) is 84.2 Å². The fourth-order valence-electron chi connectivity index (χ4n) is 3.26. The van der Waals surface area contributed by atoms with Crippen LogP contribution in [-0.2, 0) is 13.0 Å². The molecular weight excluding hydrogens is 350 g/mol. The Labute approximate surface area is 163 Å². The molecule has 0 bridgehead atoms. The quantitative estimate of drug-likeness (QED) is 0.582. The van der Waals surface area contributed by atoms with Crippen LogP contribution in [0, 0.1) is 0 Å². The van der Waals surface area contributed by atoms with E-state index >= 15 is 0 Å². The molecule has 140 valence electrons. The number of nitrogens with two attached hydrogens (primary N) is 1. The second kappa shape index (κ2) is 7.52. The number of rotatable bonds is 5. The number of fused-ring (bicyclic) bond motifs is 1. The maximum atomic E-state index is 12.7. The molecule has 2 heterocycles. The molecule has 1 amide bonds. The average Bonchev–Trinajstić information content (AvgIpc) is 3.06. The van der Waals surface area contributed by atoms with E-state index in [2.05, 4.69) is 9.97 Å². The Hall–Kier alpha value is -3.67. The van der Waals surface area contributed by atoms with E-state index in [1.54, 1.807) is 18.1 Å². The number of nitrogens with zero attached hydrogens (tertiary/aromatic N) is 4. The van der Waals surface area contributed by atoms with E-state index in [4.69, 9.17) is 5.73 Å². The Bertz CT molecular complexity index is 1110. The van der Waals surface area contributed by atoms with E-state index < -0.39 is 0 Å². The number of benzene rings is 2. The fraction of sp³-hybridized carbons (Fsp3) is 0.136. The molecule has 6 nitrogen and oxygen atoms in total. The normalized spacial score (nSPS) is 10.9. The molecule has 4 rings (SSSR count). The maximum absolute atomic E-state index is 12.7. The van der Waals surface area contributed by atoms with Crippen LogP contribution in [0.15, 0.2) is 73.1 Å². The number of hydrogen-bond acceptors (Lipinski definition) is 4. The molecule has 2 aromatic heterocycles. The highest BCUT2D eigenvalue weighted by Crippen LogP contribution is 2.25. The van der Waals surface area contributed by atoms with Crippen molar-refractivity contribution in [2.75, 3.05) is 17.7 Å². The van der Waals surface area contributed by atoms with Gasteiger partial charge in [-0.3, -0.25) is 9.78 Å². The van der Waals surface area contributed by atoms with Gasteiger partial charge in [0.15, 0.2) is 0 Å². The van der Waals surface area contributed by atoms with Crippen molar-refractivity contribution in [1.29, 1.82) is 0 Å². The van der Waals surface area contributed by atoms with Gasteiger partial charge in [-0.2, -0.15) is 0 Å². The van der Waals surface area contributed by atoms with Gasteiger partial charge in [0.05, 0.1) is 11.0 Å². The summed E-state index contributed by atoms with van der Waals surface area (Å²) in [6.45, 7) is 0.714. The molecule has 28 heavy (non-hydrogen) atoms. The van der Waals surface area contributed by atoms with E-state index in [0.717, 1.165) is 28.7 Å². The van der Waals surface area contributed by atoms with Crippen molar-refractivity contribution in [3.63, 3.8) is 0 Å². The number of carbonyl (C=O) groups excluding carboxylic acids is 1. The smallest absolute Gasteiger partial charge is 0.258 e. The van der Waals surface area contributed by atoms with Crippen LogP contribution in [0.5, 0.6) is 0 Å². The predicted molar refractivity (Wildman–Crippen MR) is 111 cm³/mol. The monoisotopic (exact) mass is 371 g/mol. The molecule has 2 aromatic carbocycles. The second-order valence-corrected chi connectivity index (χ2v) is 6.64. The molecule has 2 N–H and O–H groups in total. The van der Waals surface area contributed by atoms with Crippen LogP contribution in [0.2, 0.25) is 0 Å². The van der Waals surface area contributed by atoms with Gasteiger partial charge >= 0.3 is 0 Å². The van der Waals surface area contributed by atoms with Crippen LogP contribution in [0.3, 0.4) is 0 Å². The van der Waals surface area contributed by atoms with Gasteiger partial charge in [-0.1, -0.05) is 24.3 Å². The third-order valence-electron chi connectivity index (χ3n) is 4.82. The molecule has 6 heteroatoms. The van der Waals surface area contributed by atoms with Crippen LogP contribution in [0.25, 0.3) is 11.0 Å². The zero-order valence-electron chi connectivity index (χ0n) is 15.6. The van der Waals surface area contributed by atoms with Crippen molar-refractivity contribution in [3.8, 4) is 0 Å². The molecule has 0 fully saturated rings. The largest absolute Gasteiger partial charge is 0.369 e. The Kier molecular flexibility index (Phi) is 4.76. The maximum Gasteiger partial charge on any atom is 0.258 e. The lowest BCUT2D eigenvalue weighted by Crippen LogP contribution is -2.26. The Morgan fingerprint density at radius 2 is 1.93 bits per heavy atom. The highest BCUT2D eigenvalue weighted by Gasteiger charge is 2.15. The highest BCUT2D eigenvalue weighted by atomic mass is 16.2. The molecule has 0 spiro atoms. The summed E-state index contributed by atoms with van der Waals surface area (Å²) in [6, 6.07) is 19.0. The number of anilines is 2. The minimum atomic E-state index is -0.0658. The Balaban J connectivity index is 1.59. The van der Waals surface area contributed by atoms with Crippen molar-refractivity contribution < 1.29 is 4.79 Å². The molecule has 4 aromatic rings. The number of hydrogen-bond donors (Lipinski definition) is 1. The first-order valence-corrected chi connectivity index (χ1v) is 9.11. The molecule has 0 atom stereocenters. The summed E-state index contributed by atoms with van der Waals surface area (Å²) in [7, 11) is 1.76. The van der Waals surface area contributed by atoms with E-state index in [-0.39, 0.29) is 5.91 Å². The molecule has 0 aliphatic heterocycles. The van der Waals surface area contributed by atoms with Crippen LogP contribution in [-0.4, -0.2) is 27.5 Å². The lowest BCUT2D eigenvalue weighted by Gasteiger charge is -2.17. The van der Waals surface area contributed by atoms with Gasteiger partial charge in [-0.25, -0.2) is 4.98 Å². The van der Waals surface area contributed by atoms with Crippen LogP contribution < -0.4 is 10.6 Å². The van der Waals surface area contributed by atoms with Crippen molar-refractivity contribution in [2.24, 2.45) is 0 Å². The first-order valence-electron chi connectivity index (χ1n) is 9.11. The van der Waals surface area contributed by atoms with Crippen LogP contribution in [0.4, 0.5) is 11.6 Å². The van der Waals surface area contributed by atoms with Gasteiger partial charge in [-0.15, -0.1) is 0 Å². The van der Waals surface area contributed by atoms with Gasteiger partial charge < -0.3 is 15.2 Å². The second-order valence-electron chi connectivity index (χ2n) is 6.64. The lowest BCUT2D eigenvalue weighted by molar-refractivity contribution is 0.0993. The van der Waals surface area contributed by atoms with Gasteiger partial charge in [0, 0.05) is 37.2 Å². The van der Waals surface area contributed by atoms with Crippen molar-refractivity contribution in [2.45, 2.75) is 13.0 Å². The fourth-order valence-corrected chi connectivity index (χ4v) is 3.26. The standard InChI is InChI=1S/C22H21N5O/c1-26(21(28)17-7-3-2-4-8-17)18-9-10-20-19(14-18)25-22(23)27(20)13-11-16-6-5-12-24-15-16/h2-10,12,14-15H,11,13H2,1H3,(H2,23,25). The minimum Gasteiger partial charge on any atom is -0.369 e. The van der Waals surface area contributed by atoms with Crippen molar-refractivity contribution >= 4 is 28.6 Å². The number of amides is 1. The molecule has 0 aliphatic carbocycles. The van der Waals surface area contributed by atoms with Gasteiger partial charge in [0.25, 0.3) is 5.91 Å². The molecular formula is C22H21N5O. The number of aryl methyl sites for hydroxylation is 2. The first kappa shape index (κ1) is 17.7. The van der Waals surface area contributed by atoms with Gasteiger partial charge in [0.1, 0.15) is 0 Å². The minimum absolute atomic E-state index is 0.0658. The number of nitrogen functional groups attached to an aromatic ring is 1. The zero-order valence-corrected chi connectivity index (χ0v) is 15.6. The summed E-state index contributed by atoms with van der Waals surface area (Å²) in [6.07, 6.45) is 4.44. The first-order chi connectivity index (χ1) is 13.6. The summed E-state index contributed by atoms with van der Waals surface area (Å²) in [5.74, 6) is 0.400. The number of imidazole rings is 1. The summed E-state index contributed by atoms with van der Waals surface area (Å²) in [4.78, 5) is 22.9. The lowest BCUT2D eigenvalue weighted by atomic mass is 10.2. The van der Waals surface area contributed by atoms with Gasteiger partial charge in [0.2, 0.25) is 5.95 Å². The summed E-state index contributed by atoms with van der Waals surface area (Å²) in [5, 5.41) is 0. The number of aromatic nitrogens is 3. The van der Waals surface area contributed by atoms with Crippen LogP contribution in [0.1, 0.15) is 15.9 Å². The summed E-state index contributed by atoms with van der Waals surface area (Å²) in [5.41, 5.74) is 10.4. The van der Waals surface area contributed by atoms with E-state index in [1.807, 2.05) is 71.4 Å². The number of pyridine rings is 1. The molecule has 0 unspecified atom stereocenters. The van der Waals surface area contributed by atoms with Crippen molar-refractivity contribution in [1.82, 2.24) is 14.5 Å². The topological polar surface area (TPSA) is 77.0 Å². The molecule has 0 radical (unpaired) electrons. The average molecular weight is 371 g/mol. The Morgan fingerprint density at radius 3 is 2.68 bits per heavy atom. The zero-order chi connectivity index (χ0) is 19.5. The SMILES string of the molecule is CN(C(=O)c1ccccc1)c1ccc2c(c1)nc(N)n2CCc1cccnc1. The third kappa shape index (κ3) is 3.44. The summed E-state index contributed by atoms with van der Waals surface area (Å²) >= 11 is 0. The van der Waals surface area contributed by atoms with E-state index in [9.17, 15) is 4.79 Å². The highest BCUT2D eigenvalue weighted by molar-refractivity contribution is 6.06. The Morgan fingerprint density at radius 1 is 1.11 bits per heavy atom. The van der Waals surface area contributed by atoms with E-state index in [0.29, 0.717) is 18.1 Å². The van der Waals surface area contributed by atoms with E-state index in [1.165, 1.54) is 0 Å². The third-order valence-corrected chi connectivity index (χ3v) is 4.82. The number of carbonyl (C=O) groups is 1. The molecule has 0 saturated carbocycles. The van der Waals surface area contributed by atoms with Crippen LogP contribution >= 0.6 is 0 Å². The molecule has 0 saturated heterocycles. The summed E-state index contributed by atoms with van der Waals surface area (Å²) < 4.78 is 1.99.